The van der Waals surface area contributed by atoms with E-state index in [1.54, 1.807) is 38.2 Å². The van der Waals surface area contributed by atoms with Crippen LogP contribution >= 0.6 is 0 Å². The third-order valence-corrected chi connectivity index (χ3v) is 6.46. The van der Waals surface area contributed by atoms with Gasteiger partial charge in [-0.3, -0.25) is 4.79 Å². The number of furan rings is 1. The minimum atomic E-state index is -3.83. The highest BCUT2D eigenvalue weighted by Crippen LogP contribution is 2.25. The molecule has 4 aromatic rings. The lowest BCUT2D eigenvalue weighted by Gasteiger charge is -2.24. The standard InChI is InChI=1S/C25H24N2O5S/c1-17(19-8-5-9-23(15-19)33(26,29)30)27(2)25(28)24-13-12-22(32-24)16-31-21-11-10-18-6-3-4-7-20(18)14-21/h3-15,17H,16H2,1-2H3,(H2,26,29,30). The second-order valence-electron chi connectivity index (χ2n) is 7.77. The van der Waals surface area contributed by atoms with Crippen molar-refractivity contribution >= 4 is 26.7 Å². The molecule has 0 saturated carbocycles. The van der Waals surface area contributed by atoms with E-state index in [9.17, 15) is 13.2 Å². The van der Waals surface area contributed by atoms with Gasteiger partial charge < -0.3 is 14.1 Å². The molecular formula is C25H24N2O5S. The molecule has 0 radical (unpaired) electrons. The summed E-state index contributed by atoms with van der Waals surface area (Å²) in [5.74, 6) is 1.06. The van der Waals surface area contributed by atoms with E-state index in [0.29, 0.717) is 17.1 Å². The number of hydrogen-bond donors (Lipinski definition) is 1. The molecule has 1 unspecified atom stereocenters. The maximum Gasteiger partial charge on any atom is 0.289 e. The van der Waals surface area contributed by atoms with Gasteiger partial charge in [-0.1, -0.05) is 42.5 Å². The van der Waals surface area contributed by atoms with E-state index in [2.05, 4.69) is 0 Å². The summed E-state index contributed by atoms with van der Waals surface area (Å²) in [7, 11) is -2.20. The van der Waals surface area contributed by atoms with Crippen LogP contribution in [-0.2, 0) is 16.6 Å². The second-order valence-corrected chi connectivity index (χ2v) is 9.33. The quantitative estimate of drug-likeness (QED) is 0.434. The van der Waals surface area contributed by atoms with Crippen molar-refractivity contribution < 1.29 is 22.4 Å². The van der Waals surface area contributed by atoms with E-state index in [-0.39, 0.29) is 23.2 Å². The summed E-state index contributed by atoms with van der Waals surface area (Å²) in [5, 5.41) is 7.42. The first-order chi connectivity index (χ1) is 15.7. The minimum absolute atomic E-state index is 0.00109. The first-order valence-electron chi connectivity index (χ1n) is 10.3. The average molecular weight is 465 g/mol. The topological polar surface area (TPSA) is 103 Å². The number of ether oxygens (including phenoxy) is 1. The number of carbonyl (C=O) groups is 1. The van der Waals surface area contributed by atoms with Crippen molar-refractivity contribution in [3.05, 3.63) is 95.9 Å². The summed E-state index contributed by atoms with van der Waals surface area (Å²) in [6.07, 6.45) is 0. The number of rotatable bonds is 7. The SMILES string of the molecule is CC(c1cccc(S(N)(=O)=O)c1)N(C)C(=O)c1ccc(COc2ccc3ccccc3c2)o1. The molecule has 0 aliphatic rings. The smallest absolute Gasteiger partial charge is 0.289 e. The van der Waals surface area contributed by atoms with Crippen molar-refractivity contribution in [3.63, 3.8) is 0 Å². The fourth-order valence-corrected chi connectivity index (χ4v) is 4.08. The van der Waals surface area contributed by atoms with Gasteiger partial charge in [0.2, 0.25) is 10.0 Å². The van der Waals surface area contributed by atoms with Crippen LogP contribution in [0.1, 0.15) is 34.8 Å². The van der Waals surface area contributed by atoms with Crippen molar-refractivity contribution in [1.29, 1.82) is 0 Å². The van der Waals surface area contributed by atoms with E-state index in [1.807, 2.05) is 42.5 Å². The third-order valence-electron chi connectivity index (χ3n) is 5.54. The minimum Gasteiger partial charge on any atom is -0.486 e. The molecule has 0 aliphatic carbocycles. The lowest BCUT2D eigenvalue weighted by Crippen LogP contribution is -2.29. The Morgan fingerprint density at radius 2 is 1.76 bits per heavy atom. The second kappa shape index (κ2) is 9.09. The van der Waals surface area contributed by atoms with Crippen LogP contribution in [-0.4, -0.2) is 26.3 Å². The van der Waals surface area contributed by atoms with Gasteiger partial charge in [0.25, 0.3) is 5.91 Å². The van der Waals surface area contributed by atoms with Crippen LogP contribution in [0.3, 0.4) is 0 Å². The largest absolute Gasteiger partial charge is 0.486 e. The Morgan fingerprint density at radius 1 is 1.00 bits per heavy atom. The lowest BCUT2D eigenvalue weighted by molar-refractivity contribution is 0.0706. The van der Waals surface area contributed by atoms with Crippen LogP contribution < -0.4 is 9.88 Å². The molecular weight excluding hydrogens is 440 g/mol. The van der Waals surface area contributed by atoms with Crippen LogP contribution in [0.15, 0.2) is 88.2 Å². The fourth-order valence-electron chi connectivity index (χ4n) is 3.51. The monoisotopic (exact) mass is 464 g/mol. The Kier molecular flexibility index (Phi) is 6.22. The lowest BCUT2D eigenvalue weighted by atomic mass is 10.1. The van der Waals surface area contributed by atoms with Crippen molar-refractivity contribution in [3.8, 4) is 5.75 Å². The Hall–Kier alpha value is -3.62. The summed E-state index contributed by atoms with van der Waals surface area (Å²) >= 11 is 0. The summed E-state index contributed by atoms with van der Waals surface area (Å²) in [6.45, 7) is 1.98. The van der Waals surface area contributed by atoms with Crippen LogP contribution in [0.4, 0.5) is 0 Å². The molecule has 0 aliphatic heterocycles. The molecule has 1 heterocycles. The molecule has 0 spiro atoms. The number of nitrogens with two attached hydrogens (primary N) is 1. The number of sulfonamides is 1. The normalized spacial score (nSPS) is 12.5. The van der Waals surface area contributed by atoms with Gasteiger partial charge in [-0.25, -0.2) is 13.6 Å². The molecule has 170 valence electrons. The number of fused-ring (bicyclic) bond motifs is 1. The maximum absolute atomic E-state index is 12.9. The summed E-state index contributed by atoms with van der Waals surface area (Å²) in [5.41, 5.74) is 0.642. The van der Waals surface area contributed by atoms with Gasteiger partial charge in [0, 0.05) is 7.05 Å². The van der Waals surface area contributed by atoms with Crippen LogP contribution in [0, 0.1) is 0 Å². The first kappa shape index (κ1) is 22.6. The average Bonchev–Trinajstić information content (AvgIpc) is 3.30. The van der Waals surface area contributed by atoms with E-state index in [4.69, 9.17) is 14.3 Å². The zero-order valence-corrected chi connectivity index (χ0v) is 19.1. The molecule has 1 amide bonds. The third kappa shape index (κ3) is 5.08. The van der Waals surface area contributed by atoms with Crippen molar-refractivity contribution in [2.45, 2.75) is 24.5 Å². The number of carbonyl (C=O) groups excluding carboxylic acids is 1. The molecule has 3 aromatic carbocycles. The Morgan fingerprint density at radius 3 is 2.52 bits per heavy atom. The molecule has 7 nitrogen and oxygen atoms in total. The molecule has 1 aromatic heterocycles. The van der Waals surface area contributed by atoms with Gasteiger partial charge in [-0.05, 0) is 59.7 Å². The summed E-state index contributed by atoms with van der Waals surface area (Å²) in [6, 6.07) is 23.0. The molecule has 4 rings (SSSR count). The number of hydrogen-bond acceptors (Lipinski definition) is 5. The highest BCUT2D eigenvalue weighted by molar-refractivity contribution is 7.89. The van der Waals surface area contributed by atoms with Gasteiger partial charge in [0.05, 0.1) is 10.9 Å². The summed E-state index contributed by atoms with van der Waals surface area (Å²) in [4.78, 5) is 14.4. The zero-order valence-electron chi connectivity index (χ0n) is 18.3. The summed E-state index contributed by atoms with van der Waals surface area (Å²) < 4.78 is 34.8. The highest BCUT2D eigenvalue weighted by Gasteiger charge is 2.23. The number of nitrogens with zero attached hydrogens (tertiary/aromatic N) is 1. The molecule has 33 heavy (non-hydrogen) atoms. The van der Waals surface area contributed by atoms with Crippen molar-refractivity contribution in [2.24, 2.45) is 5.14 Å². The van der Waals surface area contributed by atoms with Crippen LogP contribution in [0.5, 0.6) is 5.75 Å². The van der Waals surface area contributed by atoms with Gasteiger partial charge in [0.15, 0.2) is 5.76 Å². The first-order valence-corrected chi connectivity index (χ1v) is 11.9. The van der Waals surface area contributed by atoms with Gasteiger partial charge in [-0.15, -0.1) is 0 Å². The molecule has 0 bridgehead atoms. The molecule has 0 saturated heterocycles. The predicted molar refractivity (Wildman–Crippen MR) is 125 cm³/mol. The predicted octanol–water partition coefficient (Wildman–Crippen LogP) is 4.49. The number of benzene rings is 3. The molecule has 1 atom stereocenters. The van der Waals surface area contributed by atoms with Gasteiger partial charge in [0.1, 0.15) is 18.1 Å². The van der Waals surface area contributed by atoms with E-state index >= 15 is 0 Å². The Bertz CT molecular complexity index is 1410. The van der Waals surface area contributed by atoms with Gasteiger partial charge in [-0.2, -0.15) is 0 Å². The van der Waals surface area contributed by atoms with Gasteiger partial charge >= 0.3 is 0 Å². The molecule has 0 fully saturated rings. The molecule has 2 N–H and O–H groups in total. The molecule has 8 heteroatoms. The number of amides is 1. The van der Waals surface area contributed by atoms with Crippen LogP contribution in [0.2, 0.25) is 0 Å². The maximum atomic E-state index is 12.9. The number of primary sulfonamides is 1. The van der Waals surface area contributed by atoms with E-state index in [0.717, 1.165) is 10.8 Å². The van der Waals surface area contributed by atoms with Crippen molar-refractivity contribution in [1.82, 2.24) is 4.90 Å². The van der Waals surface area contributed by atoms with E-state index in [1.165, 1.54) is 17.0 Å². The Balaban J connectivity index is 1.43. The fraction of sp³-hybridized carbons (Fsp3) is 0.160. The Labute approximate surface area is 192 Å². The zero-order chi connectivity index (χ0) is 23.6. The van der Waals surface area contributed by atoms with E-state index < -0.39 is 16.1 Å². The van der Waals surface area contributed by atoms with Crippen molar-refractivity contribution in [2.75, 3.05) is 7.05 Å². The highest BCUT2D eigenvalue weighted by atomic mass is 32.2. The van der Waals surface area contributed by atoms with Crippen LogP contribution in [0.25, 0.3) is 10.8 Å².